The van der Waals surface area contributed by atoms with Crippen LogP contribution in [0.1, 0.15) is 16.2 Å². The molecule has 2 aromatic carbocycles. The number of nitrogens with zero attached hydrogens (tertiary/aromatic N) is 4. The van der Waals surface area contributed by atoms with Crippen LogP contribution >= 0.6 is 0 Å². The maximum Gasteiger partial charge on any atom is 0.293 e. The summed E-state index contributed by atoms with van der Waals surface area (Å²) in [4.78, 5) is 18.3. The predicted molar refractivity (Wildman–Crippen MR) is 94.5 cm³/mol. The molecule has 1 aromatic heterocycles. The van der Waals surface area contributed by atoms with Gasteiger partial charge in [0.15, 0.2) is 0 Å². The molecule has 1 unspecified atom stereocenters. The Hall–Kier alpha value is -2.99. The molecule has 0 saturated heterocycles. The number of rotatable bonds is 6. The maximum absolute atomic E-state index is 12.7. The van der Waals surface area contributed by atoms with Gasteiger partial charge >= 0.3 is 0 Å². The smallest absolute Gasteiger partial charge is 0.293 e. The number of carbonyl (C=O) groups is 1. The third-order valence-corrected chi connectivity index (χ3v) is 4.10. The van der Waals surface area contributed by atoms with Crippen molar-refractivity contribution in [1.29, 1.82) is 0 Å². The average molecular weight is 336 g/mol. The fourth-order valence-electron chi connectivity index (χ4n) is 2.60. The van der Waals surface area contributed by atoms with E-state index in [9.17, 15) is 9.90 Å². The topological polar surface area (TPSA) is 71.2 Å². The first-order chi connectivity index (χ1) is 12.2. The first-order valence-electron chi connectivity index (χ1n) is 8.08. The van der Waals surface area contributed by atoms with Crippen LogP contribution < -0.4 is 0 Å². The molecule has 6 nitrogen and oxygen atoms in total. The number of benzene rings is 2. The molecule has 0 aliphatic carbocycles. The van der Waals surface area contributed by atoms with Crippen LogP contribution in [0.2, 0.25) is 0 Å². The highest BCUT2D eigenvalue weighted by atomic mass is 16.3. The number of hydrogen-bond donors (Lipinski definition) is 1. The van der Waals surface area contributed by atoms with Crippen LogP contribution in [-0.2, 0) is 6.42 Å². The van der Waals surface area contributed by atoms with Gasteiger partial charge in [-0.2, -0.15) is 0 Å². The summed E-state index contributed by atoms with van der Waals surface area (Å²) in [6.07, 6.45) is 2.08. The minimum absolute atomic E-state index is 0.109. The lowest BCUT2D eigenvalue weighted by Crippen LogP contribution is -2.41. The Labute approximate surface area is 146 Å². The first-order valence-corrected chi connectivity index (χ1v) is 8.08. The van der Waals surface area contributed by atoms with Crippen LogP contribution in [0, 0.1) is 0 Å². The van der Waals surface area contributed by atoms with Crippen molar-refractivity contribution in [2.75, 3.05) is 13.7 Å². The van der Waals surface area contributed by atoms with Crippen molar-refractivity contribution in [2.45, 2.75) is 12.5 Å². The molecule has 0 saturated carbocycles. The molecule has 0 aliphatic heterocycles. The fraction of sp³-hybridized carbons (Fsp3) is 0.211. The third-order valence-electron chi connectivity index (χ3n) is 4.10. The Kier molecular flexibility index (Phi) is 5.20. The van der Waals surface area contributed by atoms with E-state index in [1.807, 2.05) is 60.7 Å². The number of carbonyl (C=O) groups excluding carboxylic acids is 1. The molecule has 6 heteroatoms. The second kappa shape index (κ2) is 7.72. The number of aromatic nitrogens is 3. The zero-order valence-corrected chi connectivity index (χ0v) is 14.0. The highest BCUT2D eigenvalue weighted by Crippen LogP contribution is 2.11. The lowest BCUT2D eigenvalue weighted by atomic mass is 10.1. The van der Waals surface area contributed by atoms with Crippen LogP contribution in [0.25, 0.3) is 5.69 Å². The van der Waals surface area contributed by atoms with Crippen molar-refractivity contribution >= 4 is 5.91 Å². The molecule has 1 atom stereocenters. The van der Waals surface area contributed by atoms with Crippen LogP contribution in [-0.4, -0.2) is 50.4 Å². The molecule has 1 heterocycles. The molecule has 0 fully saturated rings. The van der Waals surface area contributed by atoms with Crippen molar-refractivity contribution in [2.24, 2.45) is 0 Å². The number of hydrogen-bond acceptors (Lipinski definition) is 4. The largest absolute Gasteiger partial charge is 0.394 e. The highest BCUT2D eigenvalue weighted by molar-refractivity contribution is 5.90. The average Bonchev–Trinajstić information content (AvgIpc) is 3.16. The summed E-state index contributed by atoms with van der Waals surface area (Å²) in [6, 6.07) is 18.9. The molecule has 128 valence electrons. The zero-order valence-electron chi connectivity index (χ0n) is 14.0. The lowest BCUT2D eigenvalue weighted by molar-refractivity contribution is 0.0648. The van der Waals surface area contributed by atoms with Gasteiger partial charge in [-0.3, -0.25) is 4.79 Å². The van der Waals surface area contributed by atoms with E-state index in [1.165, 1.54) is 11.2 Å². The van der Waals surface area contributed by atoms with E-state index in [0.717, 1.165) is 11.3 Å². The molecule has 1 amide bonds. The molecule has 3 rings (SSSR count). The Morgan fingerprint density at radius 1 is 1.12 bits per heavy atom. The Balaban J connectivity index is 1.74. The third kappa shape index (κ3) is 3.92. The maximum atomic E-state index is 12.7. The van der Waals surface area contributed by atoms with E-state index >= 15 is 0 Å². The van der Waals surface area contributed by atoms with Gasteiger partial charge in [-0.15, -0.1) is 5.10 Å². The van der Waals surface area contributed by atoms with Crippen molar-refractivity contribution in [3.8, 4) is 5.69 Å². The van der Waals surface area contributed by atoms with Gasteiger partial charge in [0.05, 0.1) is 18.3 Å². The molecule has 1 N–H and O–H groups in total. The molecule has 0 aliphatic rings. The second-order valence-electron chi connectivity index (χ2n) is 5.79. The minimum Gasteiger partial charge on any atom is -0.394 e. The summed E-state index contributed by atoms with van der Waals surface area (Å²) in [5, 5.41) is 14.0. The summed E-state index contributed by atoms with van der Waals surface area (Å²) < 4.78 is 1.56. The molecule has 0 spiro atoms. The lowest BCUT2D eigenvalue weighted by Gasteiger charge is -2.25. The van der Waals surface area contributed by atoms with Gasteiger partial charge in [0.25, 0.3) is 5.91 Å². The van der Waals surface area contributed by atoms with Crippen LogP contribution in [0.3, 0.4) is 0 Å². The van der Waals surface area contributed by atoms with Crippen molar-refractivity contribution < 1.29 is 9.90 Å². The van der Waals surface area contributed by atoms with Crippen LogP contribution in [0.4, 0.5) is 0 Å². The van der Waals surface area contributed by atoms with Gasteiger partial charge in [0, 0.05) is 7.05 Å². The first kappa shape index (κ1) is 16.9. The second-order valence-corrected chi connectivity index (χ2v) is 5.79. The number of aliphatic hydroxyl groups excluding tert-OH is 1. The normalized spacial score (nSPS) is 11.9. The van der Waals surface area contributed by atoms with E-state index in [2.05, 4.69) is 10.1 Å². The summed E-state index contributed by atoms with van der Waals surface area (Å²) in [7, 11) is 1.66. The van der Waals surface area contributed by atoms with Gasteiger partial charge in [-0.25, -0.2) is 9.67 Å². The summed E-state index contributed by atoms with van der Waals surface area (Å²) >= 11 is 0. The summed E-state index contributed by atoms with van der Waals surface area (Å²) in [5.41, 5.74) is 1.89. The Bertz CT molecular complexity index is 818. The van der Waals surface area contributed by atoms with E-state index in [0.29, 0.717) is 6.42 Å². The van der Waals surface area contributed by atoms with E-state index in [4.69, 9.17) is 0 Å². The summed E-state index contributed by atoms with van der Waals surface area (Å²) in [5.74, 6) is -0.206. The van der Waals surface area contributed by atoms with Gasteiger partial charge in [-0.1, -0.05) is 48.5 Å². The molecular formula is C19H20N4O2. The van der Waals surface area contributed by atoms with E-state index in [1.54, 1.807) is 11.7 Å². The molecule has 0 bridgehead atoms. The minimum atomic E-state index is -0.335. The summed E-state index contributed by atoms with van der Waals surface area (Å²) in [6.45, 7) is -0.128. The molecule has 25 heavy (non-hydrogen) atoms. The number of amides is 1. The predicted octanol–water partition coefficient (Wildman–Crippen LogP) is 1.94. The van der Waals surface area contributed by atoms with E-state index in [-0.39, 0.29) is 24.4 Å². The number of para-hydroxylation sites is 1. The number of likely N-dealkylation sites (N-methyl/N-ethyl adjacent to an activating group) is 1. The molecule has 0 radical (unpaired) electrons. The van der Waals surface area contributed by atoms with Gasteiger partial charge < -0.3 is 10.0 Å². The van der Waals surface area contributed by atoms with Crippen molar-refractivity contribution in [3.05, 3.63) is 78.4 Å². The standard InChI is InChI=1S/C19H20N4O2/c1-22(17(13-24)12-15-8-4-2-5-9-15)19(25)18-20-14-23(21-18)16-10-6-3-7-11-16/h2-11,14,17,24H,12-13H2,1H3. The highest BCUT2D eigenvalue weighted by Gasteiger charge is 2.24. The zero-order chi connectivity index (χ0) is 17.6. The van der Waals surface area contributed by atoms with Crippen LogP contribution in [0.5, 0.6) is 0 Å². The Morgan fingerprint density at radius 2 is 1.76 bits per heavy atom. The molecular weight excluding hydrogens is 316 g/mol. The quantitative estimate of drug-likeness (QED) is 0.747. The number of aliphatic hydroxyl groups is 1. The van der Waals surface area contributed by atoms with Gasteiger partial charge in [0.1, 0.15) is 6.33 Å². The fourth-order valence-corrected chi connectivity index (χ4v) is 2.60. The molecule has 3 aromatic rings. The van der Waals surface area contributed by atoms with E-state index < -0.39 is 0 Å². The SMILES string of the molecule is CN(C(=O)c1ncn(-c2ccccc2)n1)C(CO)Cc1ccccc1. The monoisotopic (exact) mass is 336 g/mol. The Morgan fingerprint density at radius 3 is 2.40 bits per heavy atom. The van der Waals surface area contributed by atoms with Crippen molar-refractivity contribution in [3.63, 3.8) is 0 Å². The van der Waals surface area contributed by atoms with Crippen molar-refractivity contribution in [1.82, 2.24) is 19.7 Å². The van der Waals surface area contributed by atoms with Crippen LogP contribution in [0.15, 0.2) is 67.0 Å². The van der Waals surface area contributed by atoms with Gasteiger partial charge in [-0.05, 0) is 24.1 Å². The van der Waals surface area contributed by atoms with Gasteiger partial charge in [0.2, 0.25) is 5.82 Å².